The van der Waals surface area contributed by atoms with Crippen molar-refractivity contribution in [2.24, 2.45) is 0 Å². The predicted octanol–water partition coefficient (Wildman–Crippen LogP) is 3.93. The molecule has 1 heterocycles. The number of aromatic nitrogens is 1. The molecule has 5 heteroatoms. The number of fused-ring (bicyclic) bond motifs is 1. The number of aromatic amines is 1. The Bertz CT molecular complexity index is 1160. The molecule has 1 atom stereocenters. The molecule has 152 valence electrons. The van der Waals surface area contributed by atoms with Crippen LogP contribution in [0.4, 0.5) is 0 Å². The molecule has 0 aliphatic rings. The maximum absolute atomic E-state index is 11.9. The Labute approximate surface area is 175 Å². The van der Waals surface area contributed by atoms with Gasteiger partial charge in [-0.15, -0.1) is 0 Å². The summed E-state index contributed by atoms with van der Waals surface area (Å²) in [7, 11) is 0. The van der Waals surface area contributed by atoms with E-state index >= 15 is 0 Å². The van der Waals surface area contributed by atoms with Crippen molar-refractivity contribution in [1.29, 1.82) is 0 Å². The Hall–Kier alpha value is -3.41. The van der Waals surface area contributed by atoms with Gasteiger partial charge in [-0.05, 0) is 28.8 Å². The van der Waals surface area contributed by atoms with E-state index in [0.29, 0.717) is 31.0 Å². The van der Waals surface area contributed by atoms with Crippen molar-refractivity contribution in [2.45, 2.75) is 19.3 Å². The van der Waals surface area contributed by atoms with E-state index in [1.54, 1.807) is 12.1 Å². The molecule has 0 saturated carbocycles. The maximum atomic E-state index is 11.9. The number of pyridine rings is 1. The van der Waals surface area contributed by atoms with Crippen molar-refractivity contribution in [3.8, 4) is 5.75 Å². The minimum atomic E-state index is -0.717. The molecule has 1 aromatic heterocycles. The molecule has 5 nitrogen and oxygen atoms in total. The lowest BCUT2D eigenvalue weighted by Gasteiger charge is -2.17. The van der Waals surface area contributed by atoms with Gasteiger partial charge in [-0.25, -0.2) is 0 Å². The van der Waals surface area contributed by atoms with Crippen molar-refractivity contribution in [3.63, 3.8) is 0 Å². The Kier molecular flexibility index (Phi) is 6.23. The molecule has 30 heavy (non-hydrogen) atoms. The summed E-state index contributed by atoms with van der Waals surface area (Å²) >= 11 is 0. The van der Waals surface area contributed by atoms with Crippen LogP contribution in [0.15, 0.2) is 89.7 Å². The van der Waals surface area contributed by atoms with Crippen molar-refractivity contribution < 1.29 is 9.84 Å². The van der Waals surface area contributed by atoms with Crippen molar-refractivity contribution >= 4 is 10.9 Å². The number of rotatable bonds is 8. The standard InChI is InChI=1S/C25H24N2O3/c28-22(16-26-15-18-7-3-1-4-8-18)20-11-13-23(25-21(20)12-14-24(29)27-25)30-17-19-9-5-2-6-10-19/h1-14,22,26,28H,15-17H2,(H,27,29)/t22-/m1/s1. The first-order valence-electron chi connectivity index (χ1n) is 9.96. The average Bonchev–Trinajstić information content (AvgIpc) is 2.78. The maximum Gasteiger partial charge on any atom is 0.248 e. The summed E-state index contributed by atoms with van der Waals surface area (Å²) in [5.41, 5.74) is 3.33. The van der Waals surface area contributed by atoms with Crippen LogP contribution in [-0.2, 0) is 13.2 Å². The summed E-state index contributed by atoms with van der Waals surface area (Å²) in [6.45, 7) is 1.46. The van der Waals surface area contributed by atoms with Crippen LogP contribution in [-0.4, -0.2) is 16.6 Å². The van der Waals surface area contributed by atoms with Crippen molar-refractivity contribution in [3.05, 3.63) is 112 Å². The minimum absolute atomic E-state index is 0.207. The normalized spacial score (nSPS) is 12.0. The summed E-state index contributed by atoms with van der Waals surface area (Å²) < 4.78 is 5.97. The van der Waals surface area contributed by atoms with E-state index < -0.39 is 6.10 Å². The number of hydrogen-bond donors (Lipinski definition) is 3. The molecule has 0 aliphatic carbocycles. The Morgan fingerprint density at radius 2 is 1.57 bits per heavy atom. The van der Waals surface area contributed by atoms with E-state index in [9.17, 15) is 9.90 Å². The lowest BCUT2D eigenvalue weighted by Crippen LogP contribution is -2.21. The first kappa shape index (κ1) is 19.9. The first-order valence-corrected chi connectivity index (χ1v) is 9.96. The van der Waals surface area contributed by atoms with E-state index in [4.69, 9.17) is 4.74 Å². The topological polar surface area (TPSA) is 74.3 Å². The quantitative estimate of drug-likeness (QED) is 0.419. The number of ether oxygens (including phenoxy) is 1. The van der Waals surface area contributed by atoms with E-state index in [0.717, 1.165) is 22.1 Å². The van der Waals surface area contributed by atoms with Gasteiger partial charge >= 0.3 is 0 Å². The fourth-order valence-electron chi connectivity index (χ4n) is 3.45. The van der Waals surface area contributed by atoms with Crippen LogP contribution in [0.5, 0.6) is 5.75 Å². The highest BCUT2D eigenvalue weighted by Gasteiger charge is 2.15. The van der Waals surface area contributed by atoms with Crippen LogP contribution in [0.25, 0.3) is 10.9 Å². The molecule has 0 aliphatic heterocycles. The molecule has 4 aromatic rings. The van der Waals surface area contributed by atoms with Gasteiger partial charge in [0.25, 0.3) is 0 Å². The van der Waals surface area contributed by atoms with Gasteiger partial charge in [0, 0.05) is 24.5 Å². The Morgan fingerprint density at radius 1 is 0.867 bits per heavy atom. The van der Waals surface area contributed by atoms with Crippen molar-refractivity contribution in [1.82, 2.24) is 10.3 Å². The fraction of sp³-hybridized carbons (Fsp3) is 0.160. The molecule has 0 fully saturated rings. The van der Waals surface area contributed by atoms with Crippen LogP contribution in [0.1, 0.15) is 22.8 Å². The third-order valence-corrected chi connectivity index (χ3v) is 5.00. The third-order valence-electron chi connectivity index (χ3n) is 5.00. The lowest BCUT2D eigenvalue weighted by molar-refractivity contribution is 0.176. The van der Waals surface area contributed by atoms with Crippen molar-refractivity contribution in [2.75, 3.05) is 6.54 Å². The third kappa shape index (κ3) is 4.76. The molecule has 0 saturated heterocycles. The molecular weight excluding hydrogens is 376 g/mol. The molecule has 0 unspecified atom stereocenters. The number of nitrogens with one attached hydrogen (secondary N) is 2. The zero-order valence-electron chi connectivity index (χ0n) is 16.5. The lowest BCUT2D eigenvalue weighted by atomic mass is 10.0. The number of aliphatic hydroxyl groups is 1. The largest absolute Gasteiger partial charge is 0.487 e. The van der Waals surface area contributed by atoms with Crippen LogP contribution >= 0.6 is 0 Å². The molecule has 0 spiro atoms. The van der Waals surface area contributed by atoms with Crippen LogP contribution in [0, 0.1) is 0 Å². The Morgan fingerprint density at radius 3 is 2.30 bits per heavy atom. The molecule has 0 radical (unpaired) electrons. The highest BCUT2D eigenvalue weighted by molar-refractivity contribution is 5.87. The molecule has 4 rings (SSSR count). The van der Waals surface area contributed by atoms with Crippen LogP contribution in [0.2, 0.25) is 0 Å². The van der Waals surface area contributed by atoms with Gasteiger partial charge in [0.15, 0.2) is 0 Å². The van der Waals surface area contributed by atoms with Gasteiger partial charge in [-0.1, -0.05) is 66.7 Å². The van der Waals surface area contributed by atoms with E-state index in [2.05, 4.69) is 10.3 Å². The van der Waals surface area contributed by atoms with Gasteiger partial charge in [-0.3, -0.25) is 4.79 Å². The van der Waals surface area contributed by atoms with Gasteiger partial charge < -0.3 is 20.1 Å². The summed E-state index contributed by atoms with van der Waals surface area (Å²) in [6.07, 6.45) is -0.717. The summed E-state index contributed by atoms with van der Waals surface area (Å²) in [5.74, 6) is 0.583. The summed E-state index contributed by atoms with van der Waals surface area (Å²) in [4.78, 5) is 14.8. The van der Waals surface area contributed by atoms with Gasteiger partial charge in [0.05, 0.1) is 11.6 Å². The van der Waals surface area contributed by atoms with E-state index in [-0.39, 0.29) is 5.56 Å². The SMILES string of the molecule is O=c1ccc2c([C@H](O)CNCc3ccccc3)ccc(OCc3ccccc3)c2[nH]1. The van der Waals surface area contributed by atoms with Crippen LogP contribution in [0.3, 0.4) is 0 Å². The predicted molar refractivity (Wildman–Crippen MR) is 118 cm³/mol. The Balaban J connectivity index is 1.53. The smallest absolute Gasteiger partial charge is 0.248 e. The molecule has 0 amide bonds. The summed E-state index contributed by atoms with van der Waals surface area (Å²) in [6, 6.07) is 26.8. The molecule has 0 bridgehead atoms. The number of H-pyrrole nitrogens is 1. The second-order valence-electron chi connectivity index (χ2n) is 7.17. The van der Waals surface area contributed by atoms with Crippen LogP contribution < -0.4 is 15.6 Å². The fourth-order valence-corrected chi connectivity index (χ4v) is 3.45. The van der Waals surface area contributed by atoms with Gasteiger partial charge in [0.2, 0.25) is 5.56 Å². The molecule has 3 aromatic carbocycles. The highest BCUT2D eigenvalue weighted by Crippen LogP contribution is 2.30. The zero-order chi connectivity index (χ0) is 20.8. The zero-order valence-corrected chi connectivity index (χ0v) is 16.5. The molecule has 3 N–H and O–H groups in total. The van der Waals surface area contributed by atoms with E-state index in [1.165, 1.54) is 6.07 Å². The average molecular weight is 400 g/mol. The number of hydrogen-bond acceptors (Lipinski definition) is 4. The van der Waals surface area contributed by atoms with E-state index in [1.807, 2.05) is 66.7 Å². The highest BCUT2D eigenvalue weighted by atomic mass is 16.5. The number of benzene rings is 3. The summed E-state index contributed by atoms with van der Waals surface area (Å²) in [5, 5.41) is 14.8. The second kappa shape index (κ2) is 9.39. The van der Waals surface area contributed by atoms with Gasteiger partial charge in [-0.2, -0.15) is 0 Å². The minimum Gasteiger partial charge on any atom is -0.487 e. The monoisotopic (exact) mass is 400 g/mol. The first-order chi connectivity index (χ1) is 14.7. The van der Waals surface area contributed by atoms with Gasteiger partial charge in [0.1, 0.15) is 12.4 Å². The number of aliphatic hydroxyl groups excluding tert-OH is 1. The second-order valence-corrected chi connectivity index (χ2v) is 7.17. The molecular formula is C25H24N2O3.